The van der Waals surface area contributed by atoms with Gasteiger partial charge in [-0.05, 0) is 6.92 Å². The van der Waals surface area contributed by atoms with Crippen molar-refractivity contribution < 1.29 is 18.8 Å². The summed E-state index contributed by atoms with van der Waals surface area (Å²) in [6.07, 6.45) is 1.63. The van der Waals surface area contributed by atoms with Gasteiger partial charge >= 0.3 is 5.97 Å². The number of methoxy groups -OCH3 is 1. The highest BCUT2D eigenvalue weighted by atomic mass is 16.5. The summed E-state index contributed by atoms with van der Waals surface area (Å²) in [6, 6.07) is 0. The van der Waals surface area contributed by atoms with Crippen molar-refractivity contribution in [2.45, 2.75) is 13.3 Å². The quantitative estimate of drug-likeness (QED) is 0.703. The van der Waals surface area contributed by atoms with Crippen LogP contribution in [0.2, 0.25) is 0 Å². The Morgan fingerprint density at radius 2 is 2.25 bits per heavy atom. The maximum Gasteiger partial charge on any atom is 0.307 e. The third kappa shape index (κ3) is 2.82. The minimum absolute atomic E-state index is 0.159. The van der Waals surface area contributed by atoms with Crippen LogP contribution in [0.15, 0.2) is 10.7 Å². The second-order valence-corrected chi connectivity index (χ2v) is 3.39. The molecule has 0 atom stereocenters. The first-order valence-electron chi connectivity index (χ1n) is 4.79. The number of hydrogen-bond donors (Lipinski definition) is 0. The lowest BCUT2D eigenvalue weighted by atomic mass is 10.2. The summed E-state index contributed by atoms with van der Waals surface area (Å²) < 4.78 is 9.31. The molecule has 88 valence electrons. The van der Waals surface area contributed by atoms with Crippen molar-refractivity contribution in [3.63, 3.8) is 0 Å². The Hall–Kier alpha value is -1.85. The molecule has 0 saturated carbocycles. The molecular weight excluding hydrogens is 212 g/mol. The Morgan fingerprint density at radius 3 is 2.75 bits per heavy atom. The molecule has 0 aromatic carbocycles. The highest BCUT2D eigenvalue weighted by molar-refractivity contribution is 5.92. The van der Waals surface area contributed by atoms with Gasteiger partial charge in [0.1, 0.15) is 0 Å². The van der Waals surface area contributed by atoms with Gasteiger partial charge in [-0.2, -0.15) is 0 Å². The number of rotatable bonds is 4. The van der Waals surface area contributed by atoms with Gasteiger partial charge < -0.3 is 14.2 Å². The van der Waals surface area contributed by atoms with E-state index >= 15 is 0 Å². The van der Waals surface area contributed by atoms with Crippen molar-refractivity contribution in [3.05, 3.63) is 17.5 Å². The van der Waals surface area contributed by atoms with Crippen molar-refractivity contribution in [3.8, 4) is 0 Å². The van der Waals surface area contributed by atoms with Gasteiger partial charge in [0, 0.05) is 19.2 Å². The van der Waals surface area contributed by atoms with Crippen LogP contribution in [0.1, 0.15) is 22.5 Å². The maximum atomic E-state index is 11.8. The van der Waals surface area contributed by atoms with E-state index in [9.17, 15) is 9.59 Å². The molecule has 0 aliphatic rings. The molecule has 6 nitrogen and oxygen atoms in total. The molecule has 16 heavy (non-hydrogen) atoms. The van der Waals surface area contributed by atoms with Crippen LogP contribution in [0.3, 0.4) is 0 Å². The summed E-state index contributed by atoms with van der Waals surface area (Å²) in [5.74, 6) is -0.444. The zero-order chi connectivity index (χ0) is 12.1. The SMILES string of the molecule is COC(=O)CCN(C)C(=O)c1oncc1C. The molecule has 0 aliphatic heterocycles. The van der Waals surface area contributed by atoms with E-state index in [0.717, 1.165) is 0 Å². The first-order chi connectivity index (χ1) is 7.56. The summed E-state index contributed by atoms with van der Waals surface area (Å²) >= 11 is 0. The van der Waals surface area contributed by atoms with Crippen LogP contribution in [0.5, 0.6) is 0 Å². The number of amides is 1. The Balaban J connectivity index is 2.55. The molecular formula is C10H14N2O4. The molecule has 0 saturated heterocycles. The Morgan fingerprint density at radius 1 is 1.56 bits per heavy atom. The van der Waals surface area contributed by atoms with Gasteiger partial charge in [0.15, 0.2) is 0 Å². The molecule has 1 aromatic heterocycles. The molecule has 0 bridgehead atoms. The van der Waals surface area contributed by atoms with Crippen LogP contribution >= 0.6 is 0 Å². The lowest BCUT2D eigenvalue weighted by molar-refractivity contribution is -0.140. The average Bonchev–Trinajstić information content (AvgIpc) is 2.70. The van der Waals surface area contributed by atoms with Crippen LogP contribution in [0.25, 0.3) is 0 Å². The van der Waals surface area contributed by atoms with E-state index in [0.29, 0.717) is 5.56 Å². The van der Waals surface area contributed by atoms with E-state index in [1.54, 1.807) is 14.0 Å². The standard InChI is InChI=1S/C10H14N2O4/c1-7-6-11-16-9(7)10(14)12(2)5-4-8(13)15-3/h6H,4-5H2,1-3H3. The lowest BCUT2D eigenvalue weighted by Gasteiger charge is -2.14. The summed E-state index contributed by atoms with van der Waals surface area (Å²) in [5.41, 5.74) is 0.676. The van der Waals surface area contributed by atoms with Crippen molar-refractivity contribution in [2.75, 3.05) is 20.7 Å². The molecule has 0 spiro atoms. The Labute approximate surface area is 93.1 Å². The van der Waals surface area contributed by atoms with Crippen molar-refractivity contribution in [1.29, 1.82) is 0 Å². The molecule has 1 heterocycles. The van der Waals surface area contributed by atoms with Crippen LogP contribution in [-0.4, -0.2) is 42.6 Å². The van der Waals surface area contributed by atoms with Gasteiger partial charge in [-0.15, -0.1) is 0 Å². The second-order valence-electron chi connectivity index (χ2n) is 3.39. The number of aromatic nitrogens is 1. The van der Waals surface area contributed by atoms with Gasteiger partial charge in [0.05, 0.1) is 19.7 Å². The van der Waals surface area contributed by atoms with E-state index < -0.39 is 0 Å². The zero-order valence-corrected chi connectivity index (χ0v) is 9.52. The largest absolute Gasteiger partial charge is 0.469 e. The van der Waals surface area contributed by atoms with Gasteiger partial charge in [-0.25, -0.2) is 0 Å². The second kappa shape index (κ2) is 5.29. The van der Waals surface area contributed by atoms with E-state index in [4.69, 9.17) is 4.52 Å². The maximum absolute atomic E-state index is 11.8. The molecule has 1 aromatic rings. The predicted octanol–water partition coefficient (Wildman–Crippen LogP) is 0.618. The van der Waals surface area contributed by atoms with E-state index in [-0.39, 0.29) is 30.6 Å². The highest BCUT2D eigenvalue weighted by Gasteiger charge is 2.19. The molecule has 6 heteroatoms. The van der Waals surface area contributed by atoms with E-state index in [2.05, 4.69) is 9.89 Å². The molecule has 0 N–H and O–H groups in total. The van der Waals surface area contributed by atoms with Gasteiger partial charge in [0.2, 0.25) is 5.76 Å². The number of esters is 1. The van der Waals surface area contributed by atoms with Gasteiger partial charge in [0.25, 0.3) is 5.91 Å². The third-order valence-electron chi connectivity index (χ3n) is 2.17. The fourth-order valence-corrected chi connectivity index (χ4v) is 1.13. The van der Waals surface area contributed by atoms with E-state index in [1.165, 1.54) is 18.2 Å². The normalized spacial score (nSPS) is 9.94. The fraction of sp³-hybridized carbons (Fsp3) is 0.500. The molecule has 1 rings (SSSR count). The topological polar surface area (TPSA) is 72.6 Å². The molecule has 1 amide bonds. The number of carbonyl (C=O) groups excluding carboxylic acids is 2. The summed E-state index contributed by atoms with van der Waals surface area (Å²) in [6.45, 7) is 2.02. The summed E-state index contributed by atoms with van der Waals surface area (Å²) in [4.78, 5) is 24.1. The lowest BCUT2D eigenvalue weighted by Crippen LogP contribution is -2.29. The van der Waals surface area contributed by atoms with Crippen LogP contribution in [0.4, 0.5) is 0 Å². The Kier molecular flexibility index (Phi) is 4.04. The number of carbonyl (C=O) groups is 2. The van der Waals surface area contributed by atoms with Gasteiger partial charge in [-0.1, -0.05) is 5.16 Å². The average molecular weight is 226 g/mol. The fourth-order valence-electron chi connectivity index (χ4n) is 1.13. The molecule has 0 radical (unpaired) electrons. The number of hydrogen-bond acceptors (Lipinski definition) is 5. The third-order valence-corrected chi connectivity index (χ3v) is 2.17. The minimum atomic E-state index is -0.353. The smallest absolute Gasteiger partial charge is 0.307 e. The van der Waals surface area contributed by atoms with Gasteiger partial charge in [-0.3, -0.25) is 9.59 Å². The van der Waals surface area contributed by atoms with Crippen LogP contribution in [0, 0.1) is 6.92 Å². The molecule has 0 fully saturated rings. The van der Waals surface area contributed by atoms with Crippen molar-refractivity contribution >= 4 is 11.9 Å². The summed E-state index contributed by atoms with van der Waals surface area (Å²) in [7, 11) is 2.90. The number of ether oxygens (including phenoxy) is 1. The minimum Gasteiger partial charge on any atom is -0.469 e. The first-order valence-corrected chi connectivity index (χ1v) is 4.79. The van der Waals surface area contributed by atoms with Crippen molar-refractivity contribution in [2.24, 2.45) is 0 Å². The molecule has 0 unspecified atom stereocenters. The highest BCUT2D eigenvalue weighted by Crippen LogP contribution is 2.09. The van der Waals surface area contributed by atoms with Crippen LogP contribution in [-0.2, 0) is 9.53 Å². The summed E-state index contributed by atoms with van der Waals surface area (Å²) in [5, 5.41) is 3.52. The molecule has 0 aliphatic carbocycles. The monoisotopic (exact) mass is 226 g/mol. The number of aryl methyl sites for hydroxylation is 1. The zero-order valence-electron chi connectivity index (χ0n) is 9.52. The van der Waals surface area contributed by atoms with Crippen molar-refractivity contribution in [1.82, 2.24) is 10.1 Å². The Bertz CT molecular complexity index is 386. The first kappa shape index (κ1) is 12.2. The van der Waals surface area contributed by atoms with Crippen LogP contribution < -0.4 is 0 Å². The predicted molar refractivity (Wildman–Crippen MR) is 54.8 cm³/mol. The van der Waals surface area contributed by atoms with E-state index in [1.807, 2.05) is 0 Å². The number of nitrogens with zero attached hydrogens (tertiary/aromatic N) is 2.